The van der Waals surface area contributed by atoms with Crippen molar-refractivity contribution in [3.05, 3.63) is 63.6 Å². The summed E-state index contributed by atoms with van der Waals surface area (Å²) in [7, 11) is 1.57. The Morgan fingerprint density at radius 1 is 1.23 bits per heavy atom. The highest BCUT2D eigenvalue weighted by Gasteiger charge is 2.29. The number of nitrogens with two attached hydrogens (primary N) is 1. The second-order valence-electron chi connectivity index (χ2n) is 7.40. The van der Waals surface area contributed by atoms with E-state index < -0.39 is 0 Å². The number of ether oxygens (including phenoxy) is 1. The van der Waals surface area contributed by atoms with E-state index in [-0.39, 0.29) is 17.6 Å². The number of halogens is 1. The topological polar surface area (TPSA) is 93.8 Å². The van der Waals surface area contributed by atoms with Crippen molar-refractivity contribution in [2.24, 2.45) is 4.99 Å². The van der Waals surface area contributed by atoms with Gasteiger partial charge in [-0.15, -0.1) is 0 Å². The van der Waals surface area contributed by atoms with Crippen LogP contribution in [-0.4, -0.2) is 31.2 Å². The average molecular weight is 484 g/mol. The van der Waals surface area contributed by atoms with E-state index in [1.54, 1.807) is 14.0 Å². The van der Waals surface area contributed by atoms with Gasteiger partial charge in [-0.05, 0) is 85.7 Å². The fourth-order valence-electron chi connectivity index (χ4n) is 3.35. The summed E-state index contributed by atoms with van der Waals surface area (Å²) in [4.78, 5) is 29.2. The van der Waals surface area contributed by atoms with Gasteiger partial charge in [-0.2, -0.15) is 0 Å². The first kappa shape index (κ1) is 22.7. The number of allylic oxidation sites excluding steroid dienone is 1. The van der Waals surface area contributed by atoms with Gasteiger partial charge >= 0.3 is 5.97 Å². The van der Waals surface area contributed by atoms with E-state index in [0.29, 0.717) is 29.5 Å². The molecule has 0 spiro atoms. The van der Waals surface area contributed by atoms with Crippen LogP contribution in [0.1, 0.15) is 49.3 Å². The molecular weight excluding hydrogens is 458 g/mol. The number of hydrogen-bond donors (Lipinski definition) is 2. The molecule has 0 radical (unpaired) electrons. The Morgan fingerprint density at radius 2 is 1.90 bits per heavy atom. The third-order valence-corrected chi connectivity index (χ3v) is 5.58. The number of esters is 1. The lowest BCUT2D eigenvalue weighted by molar-refractivity contribution is -0.137. The van der Waals surface area contributed by atoms with Gasteiger partial charge in [0.15, 0.2) is 0 Å². The summed E-state index contributed by atoms with van der Waals surface area (Å²) >= 11 is 3.41. The van der Waals surface area contributed by atoms with Crippen LogP contribution in [0.3, 0.4) is 0 Å². The number of anilines is 1. The van der Waals surface area contributed by atoms with Gasteiger partial charge in [0.2, 0.25) is 0 Å². The molecular formula is C24H26BrN3O3. The fraction of sp³-hybridized carbons (Fsp3) is 0.292. The largest absolute Gasteiger partial charge is 0.463 e. The Labute approximate surface area is 190 Å². The summed E-state index contributed by atoms with van der Waals surface area (Å²) in [6.45, 7) is 3.96. The highest BCUT2D eigenvalue weighted by molar-refractivity contribution is 9.10. The lowest BCUT2D eigenvalue weighted by Crippen LogP contribution is -2.29. The second-order valence-corrected chi connectivity index (χ2v) is 8.31. The molecule has 1 saturated carbocycles. The van der Waals surface area contributed by atoms with E-state index >= 15 is 0 Å². The number of nitrogens with one attached hydrogen (secondary N) is 1. The first-order valence-electron chi connectivity index (χ1n) is 10.2. The van der Waals surface area contributed by atoms with E-state index in [9.17, 15) is 9.59 Å². The van der Waals surface area contributed by atoms with Gasteiger partial charge in [-0.25, -0.2) is 9.79 Å². The van der Waals surface area contributed by atoms with Gasteiger partial charge in [-0.3, -0.25) is 4.79 Å². The first-order chi connectivity index (χ1) is 14.8. The Hall–Kier alpha value is -2.93. The number of hydrogen-bond acceptors (Lipinski definition) is 5. The third kappa shape index (κ3) is 5.61. The minimum Gasteiger partial charge on any atom is -0.463 e. The van der Waals surface area contributed by atoms with Crippen LogP contribution in [0.5, 0.6) is 0 Å². The van der Waals surface area contributed by atoms with Crippen LogP contribution >= 0.6 is 15.9 Å². The molecule has 31 heavy (non-hydrogen) atoms. The molecule has 1 aliphatic rings. The minimum absolute atomic E-state index is 0.253. The number of nitrogen functional groups attached to an aromatic ring is 1. The molecule has 2 aromatic rings. The van der Waals surface area contributed by atoms with E-state index in [4.69, 9.17) is 10.5 Å². The van der Waals surface area contributed by atoms with Crippen LogP contribution in [0.15, 0.2) is 51.9 Å². The highest BCUT2D eigenvalue weighted by Crippen LogP contribution is 2.44. The molecule has 0 heterocycles. The van der Waals surface area contributed by atoms with Crippen molar-refractivity contribution in [1.29, 1.82) is 0 Å². The van der Waals surface area contributed by atoms with Crippen LogP contribution in [0.2, 0.25) is 0 Å². The van der Waals surface area contributed by atoms with Crippen molar-refractivity contribution < 1.29 is 14.3 Å². The SMILES string of the molecule is CCOC(=O)/C=C(\C)c1cc(N)c(C(=Nc2ccc(Br)cc2)C(=O)NC)cc1C1CC1. The van der Waals surface area contributed by atoms with Gasteiger partial charge in [-0.1, -0.05) is 15.9 Å². The van der Waals surface area contributed by atoms with E-state index in [1.165, 1.54) is 6.08 Å². The zero-order valence-electron chi connectivity index (χ0n) is 17.9. The maximum absolute atomic E-state index is 12.7. The Morgan fingerprint density at radius 3 is 2.48 bits per heavy atom. The smallest absolute Gasteiger partial charge is 0.331 e. The Bertz CT molecular complexity index is 1050. The monoisotopic (exact) mass is 483 g/mol. The molecule has 1 aliphatic carbocycles. The molecule has 6 nitrogen and oxygen atoms in total. The van der Waals surface area contributed by atoms with Crippen LogP contribution in [-0.2, 0) is 14.3 Å². The van der Waals surface area contributed by atoms with E-state index in [0.717, 1.165) is 34.0 Å². The van der Waals surface area contributed by atoms with E-state index in [2.05, 4.69) is 26.2 Å². The molecule has 0 atom stereocenters. The molecule has 3 N–H and O–H groups in total. The van der Waals surface area contributed by atoms with Gasteiger partial charge < -0.3 is 15.8 Å². The Balaban J connectivity index is 2.11. The standard InChI is InChI=1S/C24H26BrN3O3/c1-4-31-22(29)11-14(2)18-13-21(26)20(12-19(18)15-5-6-15)23(24(30)27-3)28-17-9-7-16(25)8-10-17/h7-13,15H,4-6,26H2,1-3H3,(H,27,30)/b14-11+,28-23?. The van der Waals surface area contributed by atoms with Crippen molar-refractivity contribution in [3.8, 4) is 0 Å². The van der Waals surface area contributed by atoms with Crippen LogP contribution < -0.4 is 11.1 Å². The summed E-state index contributed by atoms with van der Waals surface area (Å²) in [5.74, 6) is -0.325. The molecule has 1 amide bonds. The first-order valence-corrected chi connectivity index (χ1v) is 11.0. The number of likely N-dealkylation sites (N-methyl/N-ethyl adjacent to an activating group) is 1. The second kappa shape index (κ2) is 9.92. The van der Waals surface area contributed by atoms with Crippen molar-refractivity contribution in [2.75, 3.05) is 19.4 Å². The highest BCUT2D eigenvalue weighted by atomic mass is 79.9. The van der Waals surface area contributed by atoms with Crippen LogP contribution in [0, 0.1) is 0 Å². The molecule has 0 saturated heterocycles. The summed E-state index contributed by atoms with van der Waals surface area (Å²) < 4.78 is 5.97. The van der Waals surface area contributed by atoms with Crippen molar-refractivity contribution >= 4 is 50.5 Å². The maximum atomic E-state index is 12.7. The minimum atomic E-state index is -0.382. The van der Waals surface area contributed by atoms with Gasteiger partial charge in [0.25, 0.3) is 5.91 Å². The summed E-state index contributed by atoms with van der Waals surface area (Å²) in [5, 5.41) is 2.66. The normalized spacial score (nSPS) is 14.3. The fourth-order valence-corrected chi connectivity index (χ4v) is 3.61. The van der Waals surface area contributed by atoms with Crippen molar-refractivity contribution in [3.63, 3.8) is 0 Å². The quantitative estimate of drug-likeness (QED) is 0.257. The van der Waals surface area contributed by atoms with Crippen LogP contribution in [0.4, 0.5) is 11.4 Å². The van der Waals surface area contributed by atoms with Crippen molar-refractivity contribution in [2.45, 2.75) is 32.6 Å². The molecule has 0 bridgehead atoms. The molecule has 0 unspecified atom stereocenters. The zero-order valence-corrected chi connectivity index (χ0v) is 19.5. The molecule has 0 aromatic heterocycles. The van der Waals surface area contributed by atoms with Gasteiger partial charge in [0.1, 0.15) is 5.71 Å². The number of carbonyl (C=O) groups is 2. The zero-order chi connectivity index (χ0) is 22.5. The van der Waals surface area contributed by atoms with Gasteiger partial charge in [0.05, 0.1) is 12.3 Å². The lowest BCUT2D eigenvalue weighted by atomic mass is 9.92. The molecule has 2 aromatic carbocycles. The molecule has 7 heteroatoms. The van der Waals surface area contributed by atoms with Crippen LogP contribution in [0.25, 0.3) is 5.57 Å². The summed E-state index contributed by atoms with van der Waals surface area (Å²) in [5.41, 5.74) is 11.1. The predicted molar refractivity (Wildman–Crippen MR) is 128 cm³/mol. The van der Waals surface area contributed by atoms with Crippen molar-refractivity contribution in [1.82, 2.24) is 5.32 Å². The molecule has 0 aliphatic heterocycles. The molecule has 3 rings (SSSR count). The lowest BCUT2D eigenvalue weighted by Gasteiger charge is -2.16. The molecule has 1 fully saturated rings. The number of carbonyl (C=O) groups excluding carboxylic acids is 2. The van der Waals surface area contributed by atoms with E-state index in [1.807, 2.05) is 43.3 Å². The average Bonchev–Trinajstić information content (AvgIpc) is 3.58. The number of amides is 1. The third-order valence-electron chi connectivity index (χ3n) is 5.05. The maximum Gasteiger partial charge on any atom is 0.331 e. The summed E-state index contributed by atoms with van der Waals surface area (Å²) in [6, 6.07) is 11.2. The number of rotatable bonds is 7. The number of benzene rings is 2. The van der Waals surface area contributed by atoms with Gasteiger partial charge in [0, 0.05) is 28.8 Å². The Kier molecular flexibility index (Phi) is 7.28. The number of aliphatic imine (C=N–C) groups is 1. The number of nitrogens with zero attached hydrogens (tertiary/aromatic N) is 1. The summed E-state index contributed by atoms with van der Waals surface area (Å²) in [6.07, 6.45) is 3.60. The predicted octanol–water partition coefficient (Wildman–Crippen LogP) is 4.74. The molecule has 162 valence electrons.